The smallest absolute Gasteiger partial charge is 0.167 e. The van der Waals surface area contributed by atoms with E-state index in [-0.39, 0.29) is 5.92 Å². The normalized spacial score (nSPS) is 31.7. The maximum absolute atomic E-state index is 12.9. The first-order valence-corrected chi connectivity index (χ1v) is 8.31. The van der Waals surface area contributed by atoms with Crippen molar-refractivity contribution in [2.24, 2.45) is 11.8 Å². The van der Waals surface area contributed by atoms with Crippen LogP contribution in [0.15, 0.2) is 0 Å². The van der Waals surface area contributed by atoms with Gasteiger partial charge in [-0.15, -0.1) is 0 Å². The molecule has 2 aliphatic carbocycles. The van der Waals surface area contributed by atoms with Crippen LogP contribution in [0.4, 0.5) is 0 Å². The molecule has 2 fully saturated rings. The van der Waals surface area contributed by atoms with E-state index in [9.17, 15) is 4.79 Å². The first kappa shape index (κ1) is 15.0. The van der Waals surface area contributed by atoms with Gasteiger partial charge < -0.3 is 4.74 Å². The van der Waals surface area contributed by atoms with Crippen molar-refractivity contribution in [3.05, 3.63) is 0 Å². The van der Waals surface area contributed by atoms with Crippen molar-refractivity contribution in [1.29, 1.82) is 0 Å². The monoisotopic (exact) mass is 266 g/mol. The Morgan fingerprint density at radius 1 is 1.05 bits per heavy atom. The van der Waals surface area contributed by atoms with E-state index in [1.165, 1.54) is 32.1 Å². The minimum atomic E-state index is -0.430. The third-order valence-electron chi connectivity index (χ3n) is 5.55. The molecule has 0 amide bonds. The Morgan fingerprint density at radius 3 is 2.11 bits per heavy atom. The summed E-state index contributed by atoms with van der Waals surface area (Å²) < 4.78 is 5.78. The van der Waals surface area contributed by atoms with Crippen LogP contribution < -0.4 is 0 Å². The van der Waals surface area contributed by atoms with Gasteiger partial charge in [0.25, 0.3) is 0 Å². The van der Waals surface area contributed by atoms with E-state index in [2.05, 4.69) is 6.92 Å². The Labute approximate surface area is 118 Å². The van der Waals surface area contributed by atoms with Gasteiger partial charge in [-0.05, 0) is 44.4 Å². The van der Waals surface area contributed by atoms with Crippen LogP contribution in [0, 0.1) is 11.8 Å². The number of rotatable bonds is 4. The second-order valence-corrected chi connectivity index (χ2v) is 6.60. The number of ketones is 1. The van der Waals surface area contributed by atoms with Gasteiger partial charge in [-0.25, -0.2) is 0 Å². The Bertz CT molecular complexity index is 282. The van der Waals surface area contributed by atoms with Gasteiger partial charge in [-0.1, -0.05) is 39.0 Å². The zero-order chi connectivity index (χ0) is 13.7. The molecule has 110 valence electrons. The summed E-state index contributed by atoms with van der Waals surface area (Å²) in [6.45, 7) is 2.27. The SMILES string of the molecule is CCC1CCC(C(=O)C2(OC)CCCCCC2)CC1. The summed E-state index contributed by atoms with van der Waals surface area (Å²) in [6, 6.07) is 0. The predicted molar refractivity (Wildman–Crippen MR) is 78.2 cm³/mol. The molecule has 2 rings (SSSR count). The number of carbonyl (C=O) groups excluding carboxylic acids is 1. The summed E-state index contributed by atoms with van der Waals surface area (Å²) in [4.78, 5) is 12.9. The molecule has 0 aliphatic heterocycles. The predicted octanol–water partition coefficient (Wildman–Crippen LogP) is 4.51. The van der Waals surface area contributed by atoms with Crippen molar-refractivity contribution in [3.8, 4) is 0 Å². The Morgan fingerprint density at radius 2 is 1.63 bits per heavy atom. The first-order valence-electron chi connectivity index (χ1n) is 8.31. The second-order valence-electron chi connectivity index (χ2n) is 6.60. The lowest BCUT2D eigenvalue weighted by Gasteiger charge is -2.36. The van der Waals surface area contributed by atoms with E-state index in [0.29, 0.717) is 5.78 Å². The topological polar surface area (TPSA) is 26.3 Å². The number of Topliss-reactive ketones (excluding diaryl/α,β-unsaturated/α-hetero) is 1. The molecule has 0 bridgehead atoms. The zero-order valence-electron chi connectivity index (χ0n) is 12.7. The van der Waals surface area contributed by atoms with Crippen LogP contribution in [0.3, 0.4) is 0 Å². The van der Waals surface area contributed by atoms with Crippen LogP contribution in [0.2, 0.25) is 0 Å². The van der Waals surface area contributed by atoms with Gasteiger partial charge in [0, 0.05) is 13.0 Å². The van der Waals surface area contributed by atoms with Gasteiger partial charge in [-0.2, -0.15) is 0 Å². The van der Waals surface area contributed by atoms with Gasteiger partial charge >= 0.3 is 0 Å². The fraction of sp³-hybridized carbons (Fsp3) is 0.941. The van der Waals surface area contributed by atoms with Gasteiger partial charge in [0.05, 0.1) is 0 Å². The molecule has 0 heterocycles. The average molecular weight is 266 g/mol. The van der Waals surface area contributed by atoms with E-state index in [1.807, 2.05) is 0 Å². The van der Waals surface area contributed by atoms with Crippen LogP contribution >= 0.6 is 0 Å². The summed E-state index contributed by atoms with van der Waals surface area (Å²) in [6.07, 6.45) is 12.7. The molecule has 0 spiro atoms. The van der Waals surface area contributed by atoms with Gasteiger partial charge in [0.15, 0.2) is 5.78 Å². The van der Waals surface area contributed by atoms with Crippen molar-refractivity contribution in [2.75, 3.05) is 7.11 Å². The van der Waals surface area contributed by atoms with Crippen molar-refractivity contribution in [3.63, 3.8) is 0 Å². The number of ether oxygens (including phenoxy) is 1. The molecule has 0 aromatic heterocycles. The third-order valence-corrected chi connectivity index (χ3v) is 5.55. The first-order chi connectivity index (χ1) is 9.22. The number of carbonyl (C=O) groups is 1. The molecule has 2 heteroatoms. The highest BCUT2D eigenvalue weighted by Gasteiger charge is 2.42. The lowest BCUT2D eigenvalue weighted by Crippen LogP contribution is -2.45. The fourth-order valence-electron chi connectivity index (χ4n) is 4.06. The minimum Gasteiger partial charge on any atom is -0.370 e. The van der Waals surface area contributed by atoms with E-state index in [1.54, 1.807) is 7.11 Å². The summed E-state index contributed by atoms with van der Waals surface area (Å²) in [5.74, 6) is 1.57. The lowest BCUT2D eigenvalue weighted by atomic mass is 9.73. The van der Waals surface area contributed by atoms with E-state index in [4.69, 9.17) is 4.74 Å². The highest BCUT2D eigenvalue weighted by Crippen LogP contribution is 2.38. The summed E-state index contributed by atoms with van der Waals surface area (Å²) in [5, 5.41) is 0. The van der Waals surface area contributed by atoms with Crippen molar-refractivity contribution < 1.29 is 9.53 Å². The van der Waals surface area contributed by atoms with E-state index in [0.717, 1.165) is 44.4 Å². The standard InChI is InChI=1S/C17H30O2/c1-3-14-8-10-15(11-9-14)16(18)17(19-2)12-6-4-5-7-13-17/h14-15H,3-13H2,1-2H3. The average Bonchev–Trinajstić information content (AvgIpc) is 2.73. The molecule has 0 aromatic rings. The zero-order valence-corrected chi connectivity index (χ0v) is 12.7. The molecular formula is C17H30O2. The maximum atomic E-state index is 12.9. The molecule has 0 aromatic carbocycles. The van der Waals surface area contributed by atoms with Crippen LogP contribution in [-0.4, -0.2) is 18.5 Å². The highest BCUT2D eigenvalue weighted by molar-refractivity contribution is 5.89. The van der Waals surface area contributed by atoms with E-state index < -0.39 is 5.60 Å². The van der Waals surface area contributed by atoms with Gasteiger partial charge in [0.1, 0.15) is 5.60 Å². The molecular weight excluding hydrogens is 236 g/mol. The largest absolute Gasteiger partial charge is 0.370 e. The fourth-order valence-corrected chi connectivity index (χ4v) is 4.06. The minimum absolute atomic E-state index is 0.279. The van der Waals surface area contributed by atoms with E-state index >= 15 is 0 Å². The van der Waals surface area contributed by atoms with Gasteiger partial charge in [-0.3, -0.25) is 4.79 Å². The van der Waals surface area contributed by atoms with Crippen LogP contribution in [0.1, 0.15) is 77.6 Å². The molecule has 0 atom stereocenters. The highest BCUT2D eigenvalue weighted by atomic mass is 16.5. The molecule has 0 unspecified atom stereocenters. The summed E-state index contributed by atoms with van der Waals surface area (Å²) in [5.41, 5.74) is -0.430. The van der Waals surface area contributed by atoms with Crippen molar-refractivity contribution >= 4 is 5.78 Å². The van der Waals surface area contributed by atoms with Crippen LogP contribution in [-0.2, 0) is 9.53 Å². The molecule has 0 saturated heterocycles. The van der Waals surface area contributed by atoms with Gasteiger partial charge in [0.2, 0.25) is 0 Å². The Hall–Kier alpha value is -0.370. The molecule has 0 N–H and O–H groups in total. The number of hydrogen-bond donors (Lipinski definition) is 0. The van der Waals surface area contributed by atoms with Crippen LogP contribution in [0.5, 0.6) is 0 Å². The third kappa shape index (κ3) is 3.39. The molecule has 0 radical (unpaired) electrons. The lowest BCUT2D eigenvalue weighted by molar-refractivity contribution is -0.148. The molecule has 2 aliphatic rings. The Balaban J connectivity index is 2.00. The second kappa shape index (κ2) is 6.88. The number of hydrogen-bond acceptors (Lipinski definition) is 2. The molecule has 19 heavy (non-hydrogen) atoms. The molecule has 2 nitrogen and oxygen atoms in total. The van der Waals surface area contributed by atoms with Crippen molar-refractivity contribution in [2.45, 2.75) is 83.2 Å². The van der Waals surface area contributed by atoms with Crippen molar-refractivity contribution in [1.82, 2.24) is 0 Å². The summed E-state index contributed by atoms with van der Waals surface area (Å²) in [7, 11) is 1.75. The Kier molecular flexibility index (Phi) is 5.44. The maximum Gasteiger partial charge on any atom is 0.167 e. The quantitative estimate of drug-likeness (QED) is 0.700. The van der Waals surface area contributed by atoms with Crippen LogP contribution in [0.25, 0.3) is 0 Å². The molecule has 2 saturated carbocycles. The number of methoxy groups -OCH3 is 1. The summed E-state index contributed by atoms with van der Waals surface area (Å²) >= 11 is 0.